The first kappa shape index (κ1) is 17.5. The molecule has 1 N–H and O–H groups in total. The summed E-state index contributed by atoms with van der Waals surface area (Å²) < 4.78 is 7.56. The number of pyridine rings is 1. The number of nitrogens with zero attached hydrogens (tertiary/aromatic N) is 3. The van der Waals surface area contributed by atoms with Crippen LogP contribution >= 0.6 is 12.2 Å². The average Bonchev–Trinajstić information content (AvgIpc) is 3.32. The van der Waals surface area contributed by atoms with Gasteiger partial charge in [0.2, 0.25) is 0 Å². The maximum atomic E-state index is 5.74. The van der Waals surface area contributed by atoms with Crippen LogP contribution in [-0.4, -0.2) is 21.8 Å². The van der Waals surface area contributed by atoms with E-state index in [4.69, 9.17) is 17.0 Å². The summed E-state index contributed by atoms with van der Waals surface area (Å²) in [7, 11) is 1.67. The van der Waals surface area contributed by atoms with E-state index in [0.717, 1.165) is 23.7 Å². The normalized spacial score (nSPS) is 19.2. The van der Waals surface area contributed by atoms with E-state index >= 15 is 0 Å². The third kappa shape index (κ3) is 3.17. The molecule has 2 aromatic heterocycles. The predicted molar refractivity (Wildman–Crippen MR) is 111 cm³/mol. The minimum Gasteiger partial charge on any atom is -0.497 e. The van der Waals surface area contributed by atoms with E-state index in [0.29, 0.717) is 5.11 Å². The number of benzene rings is 1. The zero-order valence-corrected chi connectivity index (χ0v) is 16.2. The summed E-state index contributed by atoms with van der Waals surface area (Å²) in [5, 5.41) is 4.19. The minimum absolute atomic E-state index is 0.00995. The number of nitrogens with one attached hydrogen (secondary N) is 1. The summed E-state index contributed by atoms with van der Waals surface area (Å²) in [6.07, 6.45) is 3.93. The van der Waals surface area contributed by atoms with Crippen molar-refractivity contribution in [3.8, 4) is 5.75 Å². The van der Waals surface area contributed by atoms with Crippen LogP contribution in [0.2, 0.25) is 0 Å². The van der Waals surface area contributed by atoms with Gasteiger partial charge in [-0.15, -0.1) is 0 Å². The molecule has 138 valence electrons. The number of methoxy groups -OCH3 is 1. The molecule has 4 rings (SSSR count). The lowest BCUT2D eigenvalue weighted by atomic mass is 10.0. The summed E-state index contributed by atoms with van der Waals surface area (Å²) in [6.45, 7) is 3.05. The van der Waals surface area contributed by atoms with Crippen LogP contribution in [0.25, 0.3) is 0 Å². The molecule has 0 spiro atoms. The molecule has 2 atom stereocenters. The van der Waals surface area contributed by atoms with Gasteiger partial charge in [-0.05, 0) is 67.7 Å². The summed E-state index contributed by atoms with van der Waals surface area (Å²) in [5.41, 5.74) is 3.21. The molecular weight excluding hydrogens is 356 g/mol. The number of rotatable bonds is 5. The quantitative estimate of drug-likeness (QED) is 0.678. The second kappa shape index (κ2) is 7.40. The Morgan fingerprint density at radius 3 is 2.59 bits per heavy atom. The minimum atomic E-state index is -0.0269. The van der Waals surface area contributed by atoms with Crippen LogP contribution in [-0.2, 0) is 6.54 Å². The molecule has 1 saturated heterocycles. The fourth-order valence-electron chi connectivity index (χ4n) is 3.66. The Morgan fingerprint density at radius 1 is 1.11 bits per heavy atom. The molecule has 27 heavy (non-hydrogen) atoms. The molecule has 1 aromatic carbocycles. The molecule has 0 radical (unpaired) electrons. The Labute approximate surface area is 164 Å². The SMILES string of the molecule is CCn1cccc1[C@@H]1[C@H](c2ccccn2)NC(=S)N1c1ccc(OC)cc1. The van der Waals surface area contributed by atoms with Crippen molar-refractivity contribution in [3.05, 3.63) is 78.4 Å². The first-order valence-electron chi connectivity index (χ1n) is 9.02. The molecule has 0 saturated carbocycles. The van der Waals surface area contributed by atoms with Crippen LogP contribution in [0.4, 0.5) is 5.69 Å². The lowest BCUT2D eigenvalue weighted by molar-refractivity contribution is 0.415. The van der Waals surface area contributed by atoms with Crippen LogP contribution in [0, 0.1) is 0 Å². The predicted octanol–water partition coefficient (Wildman–Crippen LogP) is 4.09. The van der Waals surface area contributed by atoms with Crippen molar-refractivity contribution in [1.82, 2.24) is 14.9 Å². The summed E-state index contributed by atoms with van der Waals surface area (Å²) in [5.74, 6) is 0.826. The van der Waals surface area contributed by atoms with Gasteiger partial charge in [0.1, 0.15) is 11.8 Å². The Hall–Kier alpha value is -2.86. The molecule has 1 fully saturated rings. The third-order valence-electron chi connectivity index (χ3n) is 4.96. The van der Waals surface area contributed by atoms with Crippen molar-refractivity contribution in [2.24, 2.45) is 0 Å². The Morgan fingerprint density at radius 2 is 1.93 bits per heavy atom. The maximum Gasteiger partial charge on any atom is 0.174 e. The number of hydrogen-bond acceptors (Lipinski definition) is 3. The molecule has 5 nitrogen and oxygen atoms in total. The summed E-state index contributed by atoms with van der Waals surface area (Å²) >= 11 is 5.74. The molecule has 3 aromatic rings. The lowest BCUT2D eigenvalue weighted by Gasteiger charge is -2.28. The van der Waals surface area contributed by atoms with Crippen molar-refractivity contribution in [1.29, 1.82) is 0 Å². The average molecular weight is 379 g/mol. The number of thiocarbonyl (C=S) groups is 1. The molecule has 1 aliphatic heterocycles. The van der Waals surface area contributed by atoms with E-state index in [2.05, 4.69) is 45.0 Å². The lowest BCUT2D eigenvalue weighted by Crippen LogP contribution is -2.30. The smallest absolute Gasteiger partial charge is 0.174 e. The van der Waals surface area contributed by atoms with Gasteiger partial charge < -0.3 is 19.5 Å². The van der Waals surface area contributed by atoms with E-state index in [9.17, 15) is 0 Å². The Bertz CT molecular complexity index is 923. The van der Waals surface area contributed by atoms with Crippen molar-refractivity contribution in [3.63, 3.8) is 0 Å². The summed E-state index contributed by atoms with van der Waals surface area (Å²) in [6, 6.07) is 18.2. The number of aryl methyl sites for hydroxylation is 1. The number of ether oxygens (including phenoxy) is 1. The highest BCUT2D eigenvalue weighted by atomic mass is 32.1. The molecule has 0 aliphatic carbocycles. The zero-order valence-electron chi connectivity index (χ0n) is 15.4. The van der Waals surface area contributed by atoms with E-state index in [-0.39, 0.29) is 12.1 Å². The fourth-order valence-corrected chi connectivity index (χ4v) is 4.01. The first-order chi connectivity index (χ1) is 13.2. The molecule has 3 heterocycles. The van der Waals surface area contributed by atoms with Crippen molar-refractivity contribution in [2.75, 3.05) is 12.0 Å². The van der Waals surface area contributed by atoms with E-state index in [1.54, 1.807) is 7.11 Å². The largest absolute Gasteiger partial charge is 0.497 e. The summed E-state index contributed by atoms with van der Waals surface area (Å²) in [4.78, 5) is 6.76. The zero-order chi connectivity index (χ0) is 18.8. The van der Waals surface area contributed by atoms with Crippen LogP contribution in [0.1, 0.15) is 30.4 Å². The van der Waals surface area contributed by atoms with Gasteiger partial charge in [-0.25, -0.2) is 0 Å². The first-order valence-corrected chi connectivity index (χ1v) is 9.43. The van der Waals surface area contributed by atoms with Gasteiger partial charge >= 0.3 is 0 Å². The standard InChI is InChI=1S/C21H22N4OS/c1-3-24-14-6-8-18(24)20-19(17-7-4-5-13-22-17)23-21(27)25(20)15-9-11-16(26-2)12-10-15/h4-14,19-20H,3H2,1-2H3,(H,23,27)/t19-,20+/m0/s1. The van der Waals surface area contributed by atoms with E-state index in [1.165, 1.54) is 5.69 Å². The van der Waals surface area contributed by atoms with Crippen molar-refractivity contribution < 1.29 is 4.74 Å². The second-order valence-corrected chi connectivity index (χ2v) is 6.80. The highest BCUT2D eigenvalue weighted by Crippen LogP contribution is 2.41. The van der Waals surface area contributed by atoms with Crippen LogP contribution < -0.4 is 15.0 Å². The van der Waals surface area contributed by atoms with Gasteiger partial charge in [0.25, 0.3) is 0 Å². The van der Waals surface area contributed by atoms with Gasteiger partial charge in [-0.2, -0.15) is 0 Å². The van der Waals surface area contributed by atoms with Gasteiger partial charge in [-0.1, -0.05) is 6.07 Å². The van der Waals surface area contributed by atoms with Crippen LogP contribution in [0.15, 0.2) is 67.0 Å². The molecule has 0 amide bonds. The van der Waals surface area contributed by atoms with Gasteiger partial charge in [-0.3, -0.25) is 4.98 Å². The third-order valence-corrected chi connectivity index (χ3v) is 5.27. The van der Waals surface area contributed by atoms with Gasteiger partial charge in [0, 0.05) is 30.3 Å². The number of anilines is 1. The number of aromatic nitrogens is 2. The monoisotopic (exact) mass is 378 g/mol. The Kier molecular flexibility index (Phi) is 4.81. The fraction of sp³-hybridized carbons (Fsp3) is 0.238. The maximum absolute atomic E-state index is 5.74. The van der Waals surface area contributed by atoms with Crippen LogP contribution in [0.3, 0.4) is 0 Å². The van der Waals surface area contributed by atoms with Gasteiger partial charge in [0.05, 0.1) is 18.8 Å². The number of hydrogen-bond donors (Lipinski definition) is 1. The highest BCUT2D eigenvalue weighted by Gasteiger charge is 2.41. The Balaban J connectivity index is 1.81. The molecular formula is C21H22N4OS. The van der Waals surface area contributed by atoms with Gasteiger partial charge in [0.15, 0.2) is 5.11 Å². The molecule has 6 heteroatoms. The highest BCUT2D eigenvalue weighted by molar-refractivity contribution is 7.80. The van der Waals surface area contributed by atoms with Crippen LogP contribution in [0.5, 0.6) is 5.75 Å². The molecule has 1 aliphatic rings. The molecule has 0 unspecified atom stereocenters. The second-order valence-electron chi connectivity index (χ2n) is 6.41. The van der Waals surface area contributed by atoms with Crippen molar-refractivity contribution in [2.45, 2.75) is 25.6 Å². The topological polar surface area (TPSA) is 42.3 Å². The van der Waals surface area contributed by atoms with Crippen molar-refractivity contribution >= 4 is 23.0 Å². The van der Waals surface area contributed by atoms with E-state index in [1.807, 2.05) is 48.7 Å². The van der Waals surface area contributed by atoms with E-state index < -0.39 is 0 Å². The molecule has 0 bridgehead atoms.